The number of thioether (sulfide) groups is 1. The summed E-state index contributed by atoms with van der Waals surface area (Å²) in [4.78, 5) is 11.9. The number of methoxy groups -OCH3 is 1. The molecule has 1 N–H and O–H groups in total. The molecular formula is C18H18ClNO2S. The lowest BCUT2D eigenvalue weighted by atomic mass is 10.2. The number of benzene rings is 2. The van der Waals surface area contributed by atoms with Gasteiger partial charge in [0.1, 0.15) is 5.75 Å². The Balaban J connectivity index is 1.73. The molecule has 5 heteroatoms. The summed E-state index contributed by atoms with van der Waals surface area (Å²) in [6.45, 7) is 0. The third-order valence-corrected chi connectivity index (χ3v) is 4.18. The molecule has 0 aliphatic carbocycles. The van der Waals surface area contributed by atoms with Crippen molar-refractivity contribution in [2.75, 3.05) is 23.9 Å². The Labute approximate surface area is 145 Å². The number of ether oxygens (including phenoxy) is 1. The SMILES string of the molecule is COc1ccc(NC(=O)CSC/C=C/c2ccccc2)cc1Cl. The number of hydrogen-bond donors (Lipinski definition) is 1. The van der Waals surface area contributed by atoms with E-state index in [-0.39, 0.29) is 5.91 Å². The molecule has 2 rings (SSSR count). The van der Waals surface area contributed by atoms with Gasteiger partial charge in [0.05, 0.1) is 17.9 Å². The number of carbonyl (C=O) groups is 1. The van der Waals surface area contributed by atoms with Gasteiger partial charge in [0.25, 0.3) is 0 Å². The fourth-order valence-electron chi connectivity index (χ4n) is 1.91. The van der Waals surface area contributed by atoms with Gasteiger partial charge in [-0.15, -0.1) is 11.8 Å². The van der Waals surface area contributed by atoms with E-state index in [0.717, 1.165) is 11.3 Å². The van der Waals surface area contributed by atoms with Crippen LogP contribution >= 0.6 is 23.4 Å². The topological polar surface area (TPSA) is 38.3 Å². The van der Waals surface area contributed by atoms with Crippen LogP contribution in [0.15, 0.2) is 54.6 Å². The van der Waals surface area contributed by atoms with Gasteiger partial charge in [-0.2, -0.15) is 0 Å². The molecule has 0 unspecified atom stereocenters. The Morgan fingerprint density at radius 3 is 2.74 bits per heavy atom. The summed E-state index contributed by atoms with van der Waals surface area (Å²) in [5, 5.41) is 3.29. The molecule has 0 fully saturated rings. The summed E-state index contributed by atoms with van der Waals surface area (Å²) in [5.41, 5.74) is 1.83. The van der Waals surface area contributed by atoms with Gasteiger partial charge in [-0.25, -0.2) is 0 Å². The standard InChI is InChI=1S/C18H18ClNO2S/c1-22-17-10-9-15(12-16(17)19)20-18(21)13-23-11-5-8-14-6-3-2-4-7-14/h2-10,12H,11,13H2,1H3,(H,20,21)/b8-5+. The van der Waals surface area contributed by atoms with Crippen molar-refractivity contribution in [3.8, 4) is 5.75 Å². The van der Waals surface area contributed by atoms with Crippen LogP contribution in [0.4, 0.5) is 5.69 Å². The highest BCUT2D eigenvalue weighted by atomic mass is 35.5. The third kappa shape index (κ3) is 6.00. The van der Waals surface area contributed by atoms with Gasteiger partial charge in [-0.3, -0.25) is 4.79 Å². The van der Waals surface area contributed by atoms with Crippen LogP contribution in [0.5, 0.6) is 5.75 Å². The van der Waals surface area contributed by atoms with Crippen molar-refractivity contribution in [1.29, 1.82) is 0 Å². The first-order valence-electron chi connectivity index (χ1n) is 7.12. The van der Waals surface area contributed by atoms with Gasteiger partial charge in [0.15, 0.2) is 0 Å². The van der Waals surface area contributed by atoms with Gasteiger partial charge in [0, 0.05) is 11.4 Å². The van der Waals surface area contributed by atoms with E-state index < -0.39 is 0 Å². The molecule has 0 heterocycles. The number of hydrogen-bond acceptors (Lipinski definition) is 3. The maximum Gasteiger partial charge on any atom is 0.234 e. The van der Waals surface area contributed by atoms with Crippen LogP contribution in [-0.2, 0) is 4.79 Å². The Morgan fingerprint density at radius 2 is 2.04 bits per heavy atom. The molecule has 0 spiro atoms. The first kappa shape index (κ1) is 17.4. The minimum atomic E-state index is -0.0515. The normalized spacial score (nSPS) is 10.7. The Hall–Kier alpha value is -1.91. The molecule has 0 aliphatic heterocycles. The minimum absolute atomic E-state index is 0.0515. The Morgan fingerprint density at radius 1 is 1.26 bits per heavy atom. The summed E-state index contributed by atoms with van der Waals surface area (Å²) in [6.07, 6.45) is 4.10. The zero-order chi connectivity index (χ0) is 16.5. The second-order valence-corrected chi connectivity index (χ2v) is 6.16. The molecule has 2 aromatic carbocycles. The van der Waals surface area contributed by atoms with Crippen LogP contribution in [0.2, 0.25) is 5.02 Å². The first-order chi connectivity index (χ1) is 11.2. The van der Waals surface area contributed by atoms with Gasteiger partial charge in [0.2, 0.25) is 5.91 Å². The van der Waals surface area contributed by atoms with Crippen LogP contribution in [0.25, 0.3) is 6.08 Å². The van der Waals surface area contributed by atoms with E-state index in [1.807, 2.05) is 36.4 Å². The van der Waals surface area contributed by atoms with Gasteiger partial charge in [-0.05, 0) is 23.8 Å². The first-order valence-corrected chi connectivity index (χ1v) is 8.65. The maximum absolute atomic E-state index is 11.9. The highest BCUT2D eigenvalue weighted by Gasteiger charge is 2.05. The molecular weight excluding hydrogens is 330 g/mol. The molecule has 2 aromatic rings. The molecule has 0 saturated carbocycles. The average molecular weight is 348 g/mol. The van der Waals surface area contributed by atoms with Crippen LogP contribution in [0.3, 0.4) is 0 Å². The molecule has 0 aliphatic rings. The summed E-state index contributed by atoms with van der Waals surface area (Å²) in [6, 6.07) is 15.2. The molecule has 0 bridgehead atoms. The number of anilines is 1. The fourth-order valence-corrected chi connectivity index (χ4v) is 2.77. The lowest BCUT2D eigenvalue weighted by Gasteiger charge is -2.07. The molecule has 120 valence electrons. The second kappa shape index (κ2) is 9.28. The zero-order valence-corrected chi connectivity index (χ0v) is 14.4. The van der Waals surface area contributed by atoms with Crippen LogP contribution in [-0.4, -0.2) is 24.5 Å². The van der Waals surface area contributed by atoms with Gasteiger partial charge < -0.3 is 10.1 Å². The summed E-state index contributed by atoms with van der Waals surface area (Å²) in [5.74, 6) is 1.71. The van der Waals surface area contributed by atoms with Gasteiger partial charge in [-0.1, -0.05) is 54.1 Å². The predicted octanol–water partition coefficient (Wildman–Crippen LogP) is 4.73. The number of amides is 1. The van der Waals surface area contributed by atoms with Crippen molar-refractivity contribution in [2.24, 2.45) is 0 Å². The van der Waals surface area contributed by atoms with Crippen molar-refractivity contribution < 1.29 is 9.53 Å². The quantitative estimate of drug-likeness (QED) is 0.735. The maximum atomic E-state index is 11.9. The smallest absolute Gasteiger partial charge is 0.234 e. The van der Waals surface area contributed by atoms with E-state index in [2.05, 4.69) is 11.4 Å². The molecule has 23 heavy (non-hydrogen) atoms. The number of rotatable bonds is 7. The molecule has 1 amide bonds. The van der Waals surface area contributed by atoms with Crippen LogP contribution in [0, 0.1) is 0 Å². The van der Waals surface area contributed by atoms with Gasteiger partial charge >= 0.3 is 0 Å². The molecule has 0 saturated heterocycles. The predicted molar refractivity (Wildman–Crippen MR) is 99.4 cm³/mol. The molecule has 0 atom stereocenters. The van der Waals surface area contributed by atoms with E-state index in [1.165, 1.54) is 0 Å². The molecule has 0 aromatic heterocycles. The van der Waals surface area contributed by atoms with E-state index in [4.69, 9.17) is 16.3 Å². The number of halogens is 1. The van der Waals surface area contributed by atoms with E-state index in [0.29, 0.717) is 22.2 Å². The highest BCUT2D eigenvalue weighted by Crippen LogP contribution is 2.27. The van der Waals surface area contributed by atoms with Crippen LogP contribution < -0.4 is 10.1 Å². The summed E-state index contributed by atoms with van der Waals surface area (Å²) < 4.78 is 5.08. The number of nitrogens with one attached hydrogen (secondary N) is 1. The van der Waals surface area contributed by atoms with E-state index >= 15 is 0 Å². The minimum Gasteiger partial charge on any atom is -0.495 e. The van der Waals surface area contributed by atoms with E-state index in [9.17, 15) is 4.79 Å². The van der Waals surface area contributed by atoms with Crippen molar-refractivity contribution in [2.45, 2.75) is 0 Å². The third-order valence-electron chi connectivity index (χ3n) is 2.99. The average Bonchev–Trinajstić information content (AvgIpc) is 2.56. The summed E-state index contributed by atoms with van der Waals surface area (Å²) >= 11 is 7.58. The number of carbonyl (C=O) groups excluding carboxylic acids is 1. The van der Waals surface area contributed by atoms with Crippen molar-refractivity contribution >= 4 is 41.0 Å². The highest BCUT2D eigenvalue weighted by molar-refractivity contribution is 8.00. The van der Waals surface area contributed by atoms with Crippen molar-refractivity contribution in [3.63, 3.8) is 0 Å². The van der Waals surface area contributed by atoms with Crippen molar-refractivity contribution in [1.82, 2.24) is 0 Å². The lowest BCUT2D eigenvalue weighted by molar-refractivity contribution is -0.113. The summed E-state index contributed by atoms with van der Waals surface area (Å²) in [7, 11) is 1.55. The van der Waals surface area contributed by atoms with Crippen molar-refractivity contribution in [3.05, 3.63) is 65.2 Å². The zero-order valence-electron chi connectivity index (χ0n) is 12.8. The lowest BCUT2D eigenvalue weighted by Crippen LogP contribution is -2.14. The Bertz CT molecular complexity index is 674. The molecule has 3 nitrogen and oxygen atoms in total. The second-order valence-electron chi connectivity index (χ2n) is 4.73. The largest absolute Gasteiger partial charge is 0.495 e. The monoisotopic (exact) mass is 347 g/mol. The Kier molecular flexibility index (Phi) is 7.04. The molecule has 0 radical (unpaired) electrons. The van der Waals surface area contributed by atoms with E-state index in [1.54, 1.807) is 37.1 Å². The van der Waals surface area contributed by atoms with Crippen LogP contribution in [0.1, 0.15) is 5.56 Å². The fraction of sp³-hybridized carbons (Fsp3) is 0.167.